The van der Waals surface area contributed by atoms with Gasteiger partial charge in [0, 0.05) is 11.1 Å². The van der Waals surface area contributed by atoms with Crippen molar-refractivity contribution in [1.82, 2.24) is 0 Å². The van der Waals surface area contributed by atoms with Crippen molar-refractivity contribution in [1.29, 1.82) is 0 Å². The average molecular weight is 546 g/mol. The van der Waals surface area contributed by atoms with E-state index in [0.29, 0.717) is 11.3 Å². The first-order chi connectivity index (χ1) is 20.5. The van der Waals surface area contributed by atoms with Crippen molar-refractivity contribution in [2.24, 2.45) is 0 Å². The van der Waals surface area contributed by atoms with Crippen molar-refractivity contribution in [2.75, 3.05) is 0 Å². The molecule has 0 saturated carbocycles. The SMILES string of the molecule is C=C(C)C(=O)Oc1ccc(-c2cc(-c3ccc(-c4ccccc4)cc3)[o+]c(-c3ccc(-c4ccccc4)cc3)c2)cc1. The van der Waals surface area contributed by atoms with Crippen molar-refractivity contribution < 1.29 is 13.9 Å². The van der Waals surface area contributed by atoms with Crippen LogP contribution in [0.15, 0.2) is 162 Å². The molecule has 0 spiro atoms. The van der Waals surface area contributed by atoms with Gasteiger partial charge in [-0.1, -0.05) is 104 Å². The van der Waals surface area contributed by atoms with Crippen LogP contribution in [0.25, 0.3) is 56.0 Å². The summed E-state index contributed by atoms with van der Waals surface area (Å²) < 4.78 is 11.9. The second kappa shape index (κ2) is 11.9. The number of ether oxygens (including phenoxy) is 1. The Balaban J connectivity index is 1.38. The van der Waals surface area contributed by atoms with Gasteiger partial charge in [0.25, 0.3) is 0 Å². The maximum atomic E-state index is 12.0. The average Bonchev–Trinajstić information content (AvgIpc) is 3.06. The zero-order chi connectivity index (χ0) is 28.9. The fourth-order valence-electron chi connectivity index (χ4n) is 4.78. The highest BCUT2D eigenvalue weighted by Crippen LogP contribution is 2.35. The van der Waals surface area contributed by atoms with Gasteiger partial charge in [-0.05, 0) is 71.1 Å². The molecule has 0 fully saturated rings. The summed E-state index contributed by atoms with van der Waals surface area (Å²) in [5, 5.41) is 0. The lowest BCUT2D eigenvalue weighted by molar-refractivity contribution is -0.130. The number of hydrogen-bond donors (Lipinski definition) is 0. The number of hydrogen-bond acceptors (Lipinski definition) is 2. The lowest BCUT2D eigenvalue weighted by Gasteiger charge is -2.07. The van der Waals surface area contributed by atoms with Gasteiger partial charge in [0.05, 0.1) is 23.3 Å². The first kappa shape index (κ1) is 26.7. The molecule has 0 aliphatic heterocycles. The Hall–Kier alpha value is -5.54. The van der Waals surface area contributed by atoms with Crippen LogP contribution >= 0.6 is 0 Å². The number of carbonyl (C=O) groups is 1. The predicted octanol–water partition coefficient (Wildman–Crippen LogP) is 10.4. The number of rotatable bonds is 7. The molecule has 0 N–H and O–H groups in total. The van der Waals surface area contributed by atoms with Gasteiger partial charge in [-0.3, -0.25) is 0 Å². The van der Waals surface area contributed by atoms with Crippen LogP contribution in [-0.4, -0.2) is 5.97 Å². The number of esters is 1. The lowest BCUT2D eigenvalue weighted by atomic mass is 9.99. The number of benzene rings is 5. The Labute approximate surface area is 246 Å². The van der Waals surface area contributed by atoms with Gasteiger partial charge >= 0.3 is 17.5 Å². The molecule has 0 unspecified atom stereocenters. The first-order valence-electron chi connectivity index (χ1n) is 13.8. The first-order valence-corrected chi connectivity index (χ1v) is 13.8. The van der Waals surface area contributed by atoms with E-state index in [0.717, 1.165) is 44.9 Å². The minimum atomic E-state index is -0.441. The van der Waals surface area contributed by atoms with Crippen molar-refractivity contribution in [3.05, 3.63) is 158 Å². The minimum Gasteiger partial charge on any atom is -0.423 e. The largest absolute Gasteiger partial charge is 0.423 e. The molecule has 1 heterocycles. The molecule has 3 nitrogen and oxygen atoms in total. The molecule has 0 atom stereocenters. The molecule has 0 radical (unpaired) electrons. The van der Waals surface area contributed by atoms with Crippen molar-refractivity contribution in [3.63, 3.8) is 0 Å². The third-order valence-corrected chi connectivity index (χ3v) is 7.09. The quantitative estimate of drug-likeness (QED) is 0.0867. The Kier molecular flexibility index (Phi) is 7.56. The molecule has 0 aliphatic rings. The second-order valence-electron chi connectivity index (χ2n) is 10.2. The van der Waals surface area contributed by atoms with Crippen LogP contribution in [0.4, 0.5) is 0 Å². The Morgan fingerprint density at radius 2 is 0.857 bits per heavy atom. The summed E-state index contributed by atoms with van der Waals surface area (Å²) in [6, 6.07) is 49.1. The normalized spacial score (nSPS) is 10.7. The van der Waals surface area contributed by atoms with E-state index < -0.39 is 5.97 Å². The molecule has 6 rings (SSSR count). The van der Waals surface area contributed by atoms with Crippen molar-refractivity contribution >= 4 is 5.97 Å². The standard InChI is InChI=1S/C39H29O3/c1-27(2)39(40)41-36-23-21-32(22-24-36)35-25-37(33-17-13-30(14-18-33)28-9-5-3-6-10-28)42-38(26-35)34-19-15-31(16-20-34)29-11-7-4-8-12-29/h3-26H,1H2,2H3/q+1. The molecular formula is C39H29O3+. The molecule has 3 heteroatoms. The third-order valence-electron chi connectivity index (χ3n) is 7.09. The van der Waals surface area contributed by atoms with Gasteiger partial charge in [-0.2, -0.15) is 0 Å². The zero-order valence-electron chi connectivity index (χ0n) is 23.3. The van der Waals surface area contributed by atoms with Crippen LogP contribution in [0.1, 0.15) is 6.92 Å². The van der Waals surface area contributed by atoms with Crippen LogP contribution in [0, 0.1) is 0 Å². The van der Waals surface area contributed by atoms with E-state index in [1.54, 1.807) is 19.1 Å². The van der Waals surface area contributed by atoms with Gasteiger partial charge in [0.2, 0.25) is 0 Å². The fraction of sp³-hybridized carbons (Fsp3) is 0.0256. The third kappa shape index (κ3) is 5.96. The zero-order valence-corrected chi connectivity index (χ0v) is 23.3. The summed E-state index contributed by atoms with van der Waals surface area (Å²) >= 11 is 0. The molecule has 0 amide bonds. The number of carbonyl (C=O) groups excluding carboxylic acids is 1. The van der Waals surface area contributed by atoms with Gasteiger partial charge in [-0.15, -0.1) is 0 Å². The van der Waals surface area contributed by atoms with Crippen LogP contribution < -0.4 is 4.74 Å². The molecular weight excluding hydrogens is 516 g/mol. The van der Waals surface area contributed by atoms with E-state index in [9.17, 15) is 4.79 Å². The Morgan fingerprint density at radius 3 is 1.29 bits per heavy atom. The molecule has 0 bridgehead atoms. The van der Waals surface area contributed by atoms with Crippen LogP contribution in [0.2, 0.25) is 0 Å². The highest BCUT2D eigenvalue weighted by molar-refractivity contribution is 5.89. The van der Waals surface area contributed by atoms with Crippen LogP contribution in [-0.2, 0) is 4.79 Å². The maximum Gasteiger partial charge on any atom is 0.361 e. The van der Waals surface area contributed by atoms with E-state index in [-0.39, 0.29) is 0 Å². The van der Waals surface area contributed by atoms with Crippen LogP contribution in [0.5, 0.6) is 5.75 Å². The molecule has 0 saturated heterocycles. The topological polar surface area (TPSA) is 37.6 Å². The highest BCUT2D eigenvalue weighted by atomic mass is 16.5. The van der Waals surface area contributed by atoms with Gasteiger partial charge in [0.15, 0.2) is 0 Å². The maximum absolute atomic E-state index is 12.0. The van der Waals surface area contributed by atoms with E-state index in [1.807, 2.05) is 60.7 Å². The van der Waals surface area contributed by atoms with E-state index in [4.69, 9.17) is 9.15 Å². The van der Waals surface area contributed by atoms with Gasteiger partial charge in [0.1, 0.15) is 5.75 Å². The second-order valence-corrected chi connectivity index (χ2v) is 10.2. The summed E-state index contributed by atoms with van der Waals surface area (Å²) in [5.41, 5.74) is 8.90. The minimum absolute atomic E-state index is 0.356. The molecule has 42 heavy (non-hydrogen) atoms. The van der Waals surface area contributed by atoms with E-state index in [2.05, 4.69) is 79.4 Å². The summed E-state index contributed by atoms with van der Waals surface area (Å²) in [7, 11) is 0. The van der Waals surface area contributed by atoms with Gasteiger partial charge < -0.3 is 4.74 Å². The van der Waals surface area contributed by atoms with Crippen LogP contribution in [0.3, 0.4) is 0 Å². The lowest BCUT2D eigenvalue weighted by Crippen LogP contribution is -2.07. The van der Waals surface area contributed by atoms with Gasteiger partial charge in [-0.25, -0.2) is 9.21 Å². The summed E-state index contributed by atoms with van der Waals surface area (Å²) in [6.45, 7) is 5.28. The molecule has 6 aromatic rings. The molecule has 0 aliphatic carbocycles. The fourth-order valence-corrected chi connectivity index (χ4v) is 4.78. The van der Waals surface area contributed by atoms with Crippen molar-refractivity contribution in [2.45, 2.75) is 6.92 Å². The highest BCUT2D eigenvalue weighted by Gasteiger charge is 2.21. The Morgan fingerprint density at radius 1 is 0.500 bits per heavy atom. The molecule has 1 aromatic heterocycles. The van der Waals surface area contributed by atoms with E-state index >= 15 is 0 Å². The summed E-state index contributed by atoms with van der Waals surface area (Å²) in [6.07, 6.45) is 0. The van der Waals surface area contributed by atoms with E-state index in [1.165, 1.54) is 11.1 Å². The van der Waals surface area contributed by atoms with Crippen molar-refractivity contribution in [3.8, 4) is 61.8 Å². The molecule has 202 valence electrons. The smallest absolute Gasteiger partial charge is 0.361 e. The summed E-state index contributed by atoms with van der Waals surface area (Å²) in [4.78, 5) is 12.0. The predicted molar refractivity (Wildman–Crippen MR) is 171 cm³/mol. The monoisotopic (exact) mass is 545 g/mol. The Bertz CT molecular complexity index is 1740. The summed E-state index contributed by atoms with van der Waals surface area (Å²) in [5.74, 6) is 1.55. The molecule has 5 aromatic carbocycles.